The molecule has 28 heavy (non-hydrogen) atoms. The van der Waals surface area contributed by atoms with Gasteiger partial charge in [-0.25, -0.2) is 0 Å². The molecule has 1 fully saturated rings. The summed E-state index contributed by atoms with van der Waals surface area (Å²) >= 11 is 0. The topological polar surface area (TPSA) is 90.9 Å². The Labute approximate surface area is 164 Å². The number of carbonyl (C=O) groups is 1. The summed E-state index contributed by atoms with van der Waals surface area (Å²) < 4.78 is 21.5. The third-order valence-corrected chi connectivity index (χ3v) is 4.47. The van der Waals surface area contributed by atoms with E-state index in [0.29, 0.717) is 35.2 Å². The van der Waals surface area contributed by atoms with Crippen molar-refractivity contribution >= 4 is 17.3 Å². The molecule has 2 heterocycles. The summed E-state index contributed by atoms with van der Waals surface area (Å²) in [5, 5.41) is 6.11. The third-order valence-electron chi connectivity index (χ3n) is 4.47. The van der Waals surface area contributed by atoms with Crippen molar-refractivity contribution in [1.29, 1.82) is 0 Å². The molecule has 1 atom stereocenters. The number of pyridine rings is 1. The summed E-state index contributed by atoms with van der Waals surface area (Å²) in [6.45, 7) is 1.52. The number of aromatic nitrogens is 1. The van der Waals surface area contributed by atoms with Crippen molar-refractivity contribution in [3.05, 3.63) is 36.2 Å². The predicted octanol–water partition coefficient (Wildman–Crippen LogP) is 2.95. The third kappa shape index (κ3) is 4.64. The molecule has 1 aromatic carbocycles. The lowest BCUT2D eigenvalue weighted by molar-refractivity contribution is 0.102. The maximum Gasteiger partial charge on any atom is 0.274 e. The number of amides is 1. The highest BCUT2D eigenvalue weighted by atomic mass is 16.5. The Balaban J connectivity index is 1.71. The maximum absolute atomic E-state index is 12.6. The van der Waals surface area contributed by atoms with Gasteiger partial charge in [0.25, 0.3) is 5.91 Å². The fraction of sp³-hybridized carbons (Fsp3) is 0.400. The van der Waals surface area contributed by atoms with E-state index in [1.165, 1.54) is 21.3 Å². The number of nitrogens with one attached hydrogen (secondary N) is 2. The smallest absolute Gasteiger partial charge is 0.274 e. The molecule has 2 N–H and O–H groups in total. The number of anilines is 2. The van der Waals surface area contributed by atoms with E-state index in [1.807, 2.05) is 6.07 Å². The Bertz CT molecular complexity index is 796. The molecule has 3 rings (SSSR count). The highest BCUT2D eigenvalue weighted by Crippen LogP contribution is 2.40. The van der Waals surface area contributed by atoms with E-state index in [1.54, 1.807) is 24.4 Å². The molecule has 8 heteroatoms. The Morgan fingerprint density at radius 1 is 1.14 bits per heavy atom. The van der Waals surface area contributed by atoms with E-state index >= 15 is 0 Å². The largest absolute Gasteiger partial charge is 0.493 e. The molecule has 8 nitrogen and oxygen atoms in total. The number of ether oxygens (including phenoxy) is 4. The SMILES string of the molecule is COc1cc(NC(=O)c2cc(NCC3CCCO3)ccn2)cc(OC)c1OC. The minimum atomic E-state index is -0.338. The van der Waals surface area contributed by atoms with Gasteiger partial charge in [-0.2, -0.15) is 0 Å². The van der Waals surface area contributed by atoms with E-state index in [4.69, 9.17) is 18.9 Å². The normalized spacial score (nSPS) is 15.8. The fourth-order valence-electron chi connectivity index (χ4n) is 3.05. The van der Waals surface area contributed by atoms with Gasteiger partial charge in [0.15, 0.2) is 11.5 Å². The van der Waals surface area contributed by atoms with Crippen LogP contribution in [-0.4, -0.2) is 51.5 Å². The van der Waals surface area contributed by atoms with Crippen LogP contribution in [0.5, 0.6) is 17.2 Å². The van der Waals surface area contributed by atoms with Gasteiger partial charge >= 0.3 is 0 Å². The van der Waals surface area contributed by atoms with E-state index in [-0.39, 0.29) is 12.0 Å². The van der Waals surface area contributed by atoms with E-state index in [2.05, 4.69) is 15.6 Å². The standard InChI is InChI=1S/C20H25N3O5/c1-25-17-10-14(11-18(26-2)19(17)27-3)23-20(24)16-9-13(6-7-21-16)22-12-15-5-4-8-28-15/h6-7,9-11,15H,4-5,8,12H2,1-3H3,(H,21,22)(H,23,24). The molecular weight excluding hydrogens is 362 g/mol. The molecule has 1 aromatic heterocycles. The van der Waals surface area contributed by atoms with Crippen molar-refractivity contribution in [1.82, 2.24) is 4.98 Å². The minimum Gasteiger partial charge on any atom is -0.493 e. The average Bonchev–Trinajstić information content (AvgIpc) is 3.25. The van der Waals surface area contributed by atoms with Gasteiger partial charge < -0.3 is 29.6 Å². The Hall–Kier alpha value is -3.00. The number of methoxy groups -OCH3 is 3. The van der Waals surface area contributed by atoms with Crippen molar-refractivity contribution in [2.75, 3.05) is 45.1 Å². The summed E-state index contributed by atoms with van der Waals surface area (Å²) in [5.74, 6) is 1.03. The zero-order valence-corrected chi connectivity index (χ0v) is 16.3. The molecule has 0 bridgehead atoms. The van der Waals surface area contributed by atoms with E-state index in [0.717, 1.165) is 25.1 Å². The second-order valence-electron chi connectivity index (χ2n) is 6.31. The molecule has 1 unspecified atom stereocenters. The van der Waals surface area contributed by atoms with Crippen molar-refractivity contribution in [2.24, 2.45) is 0 Å². The van der Waals surface area contributed by atoms with Crippen LogP contribution in [0.3, 0.4) is 0 Å². The van der Waals surface area contributed by atoms with Gasteiger partial charge in [-0.05, 0) is 25.0 Å². The van der Waals surface area contributed by atoms with Crippen molar-refractivity contribution in [3.8, 4) is 17.2 Å². The summed E-state index contributed by atoms with van der Waals surface area (Å²) in [6.07, 6.45) is 3.95. The lowest BCUT2D eigenvalue weighted by Crippen LogP contribution is -2.19. The van der Waals surface area contributed by atoms with Crippen molar-refractivity contribution in [3.63, 3.8) is 0 Å². The van der Waals surface area contributed by atoms with Crippen molar-refractivity contribution < 1.29 is 23.7 Å². The summed E-state index contributed by atoms with van der Waals surface area (Å²) in [5.41, 5.74) is 1.63. The van der Waals surface area contributed by atoms with Gasteiger partial charge in [0, 0.05) is 42.9 Å². The number of rotatable bonds is 8. The van der Waals surface area contributed by atoms with Crippen LogP contribution in [0.2, 0.25) is 0 Å². The second kappa shape index (κ2) is 9.27. The number of hydrogen-bond donors (Lipinski definition) is 2. The highest BCUT2D eigenvalue weighted by Gasteiger charge is 2.17. The minimum absolute atomic E-state index is 0.213. The Kier molecular flexibility index (Phi) is 6.54. The number of benzene rings is 1. The van der Waals surface area contributed by atoms with Crippen LogP contribution < -0.4 is 24.8 Å². The molecule has 2 aromatic rings. The molecule has 0 saturated carbocycles. The first kappa shape index (κ1) is 19.8. The lowest BCUT2D eigenvalue weighted by atomic mass is 10.2. The van der Waals surface area contributed by atoms with E-state index < -0.39 is 0 Å². The summed E-state index contributed by atoms with van der Waals surface area (Å²) in [7, 11) is 4.57. The van der Waals surface area contributed by atoms with Crippen LogP contribution in [0.4, 0.5) is 11.4 Å². The average molecular weight is 387 g/mol. The first-order valence-corrected chi connectivity index (χ1v) is 9.07. The zero-order valence-electron chi connectivity index (χ0n) is 16.3. The number of hydrogen-bond acceptors (Lipinski definition) is 7. The van der Waals surface area contributed by atoms with Gasteiger partial charge in [0.05, 0.1) is 27.4 Å². The van der Waals surface area contributed by atoms with Crippen LogP contribution >= 0.6 is 0 Å². The van der Waals surface area contributed by atoms with Gasteiger partial charge in [-0.1, -0.05) is 0 Å². The molecular formula is C20H25N3O5. The molecule has 1 aliphatic heterocycles. The van der Waals surface area contributed by atoms with E-state index in [9.17, 15) is 4.79 Å². The molecule has 1 saturated heterocycles. The lowest BCUT2D eigenvalue weighted by Gasteiger charge is -2.15. The monoisotopic (exact) mass is 387 g/mol. The molecule has 0 radical (unpaired) electrons. The molecule has 1 amide bonds. The first-order chi connectivity index (χ1) is 13.6. The Morgan fingerprint density at radius 2 is 1.89 bits per heavy atom. The highest BCUT2D eigenvalue weighted by molar-refractivity contribution is 6.03. The molecule has 150 valence electrons. The van der Waals surface area contributed by atoms with Gasteiger partial charge in [0.1, 0.15) is 5.69 Å². The number of nitrogens with zero attached hydrogens (tertiary/aromatic N) is 1. The fourth-order valence-corrected chi connectivity index (χ4v) is 3.05. The molecule has 0 aliphatic carbocycles. The maximum atomic E-state index is 12.6. The van der Waals surface area contributed by atoms with Crippen LogP contribution in [0, 0.1) is 0 Å². The summed E-state index contributed by atoms with van der Waals surface area (Å²) in [6, 6.07) is 6.87. The van der Waals surface area contributed by atoms with Crippen LogP contribution in [0.25, 0.3) is 0 Å². The molecule has 1 aliphatic rings. The van der Waals surface area contributed by atoms with Gasteiger partial charge in [-0.3, -0.25) is 9.78 Å². The van der Waals surface area contributed by atoms with Gasteiger partial charge in [0.2, 0.25) is 5.75 Å². The van der Waals surface area contributed by atoms with Crippen molar-refractivity contribution in [2.45, 2.75) is 18.9 Å². The predicted molar refractivity (Wildman–Crippen MR) is 106 cm³/mol. The quantitative estimate of drug-likeness (QED) is 0.720. The van der Waals surface area contributed by atoms with Crippen LogP contribution in [-0.2, 0) is 4.74 Å². The molecule has 0 spiro atoms. The first-order valence-electron chi connectivity index (χ1n) is 9.07. The zero-order chi connectivity index (χ0) is 19.9. The Morgan fingerprint density at radius 3 is 2.50 bits per heavy atom. The summed E-state index contributed by atoms with van der Waals surface area (Å²) in [4.78, 5) is 16.8. The van der Waals surface area contributed by atoms with Crippen LogP contribution in [0.15, 0.2) is 30.5 Å². The second-order valence-corrected chi connectivity index (χ2v) is 6.31. The number of carbonyl (C=O) groups excluding carboxylic acids is 1. The van der Waals surface area contributed by atoms with Crippen LogP contribution in [0.1, 0.15) is 23.3 Å². The van der Waals surface area contributed by atoms with Gasteiger partial charge in [-0.15, -0.1) is 0 Å².